The molecule has 0 spiro atoms. The number of benzene rings is 2. The van der Waals surface area contributed by atoms with Crippen molar-refractivity contribution in [1.29, 1.82) is 0 Å². The fourth-order valence-electron chi connectivity index (χ4n) is 2.88. The van der Waals surface area contributed by atoms with Crippen LogP contribution in [0.3, 0.4) is 0 Å². The van der Waals surface area contributed by atoms with Crippen molar-refractivity contribution in [1.82, 2.24) is 0 Å². The second-order valence-electron chi connectivity index (χ2n) is 5.91. The third-order valence-corrected chi connectivity index (χ3v) is 4.31. The van der Waals surface area contributed by atoms with Gasteiger partial charge in [0.05, 0.1) is 20.1 Å². The van der Waals surface area contributed by atoms with E-state index >= 15 is 0 Å². The van der Waals surface area contributed by atoms with Crippen molar-refractivity contribution in [3.8, 4) is 5.75 Å². The number of Topliss-reactive ketones (excluding diaryl/α,β-unsaturated/α-hetero) is 1. The Morgan fingerprint density at radius 3 is 2.20 bits per heavy atom. The Balaban J connectivity index is 2.25. The van der Waals surface area contributed by atoms with E-state index in [9.17, 15) is 9.59 Å². The quantitative estimate of drug-likeness (QED) is 0.532. The molecule has 0 bridgehead atoms. The summed E-state index contributed by atoms with van der Waals surface area (Å²) in [7, 11) is 1.59. The summed E-state index contributed by atoms with van der Waals surface area (Å²) >= 11 is 0. The average Bonchev–Trinajstić information content (AvgIpc) is 2.66. The average molecular weight is 340 g/mol. The summed E-state index contributed by atoms with van der Waals surface area (Å²) in [6.07, 6.45) is 0.181. The largest absolute Gasteiger partial charge is 0.497 e. The van der Waals surface area contributed by atoms with Gasteiger partial charge in [-0.3, -0.25) is 9.59 Å². The van der Waals surface area contributed by atoms with E-state index in [1.807, 2.05) is 37.3 Å². The van der Waals surface area contributed by atoms with Crippen molar-refractivity contribution < 1.29 is 19.1 Å². The third-order valence-electron chi connectivity index (χ3n) is 4.31. The van der Waals surface area contributed by atoms with Gasteiger partial charge in [-0.25, -0.2) is 0 Å². The Hall–Kier alpha value is -2.62. The Morgan fingerprint density at radius 2 is 1.64 bits per heavy atom. The van der Waals surface area contributed by atoms with E-state index in [-0.39, 0.29) is 30.0 Å². The van der Waals surface area contributed by atoms with Crippen LogP contribution in [0.5, 0.6) is 5.75 Å². The molecule has 4 nitrogen and oxygen atoms in total. The van der Waals surface area contributed by atoms with Crippen LogP contribution in [0.25, 0.3) is 0 Å². The molecule has 2 aromatic carbocycles. The summed E-state index contributed by atoms with van der Waals surface area (Å²) in [5, 5.41) is 0. The number of esters is 1. The van der Waals surface area contributed by atoms with Crippen LogP contribution in [0.15, 0.2) is 54.6 Å². The van der Waals surface area contributed by atoms with Gasteiger partial charge in [-0.05, 0) is 36.8 Å². The number of methoxy groups -OCH3 is 1. The highest BCUT2D eigenvalue weighted by atomic mass is 16.5. The summed E-state index contributed by atoms with van der Waals surface area (Å²) in [5.74, 6) is -0.156. The van der Waals surface area contributed by atoms with Gasteiger partial charge in [0.1, 0.15) is 5.75 Å². The van der Waals surface area contributed by atoms with Crippen molar-refractivity contribution in [3.05, 3.63) is 65.7 Å². The maximum absolute atomic E-state index is 12.9. The molecule has 0 heterocycles. The molecule has 4 heteroatoms. The van der Waals surface area contributed by atoms with Crippen LogP contribution in [0.2, 0.25) is 0 Å². The number of carbonyl (C=O) groups is 2. The first-order valence-corrected chi connectivity index (χ1v) is 8.45. The van der Waals surface area contributed by atoms with E-state index in [1.165, 1.54) is 0 Å². The number of carbonyl (C=O) groups excluding carboxylic acids is 2. The molecular formula is C21H24O4. The van der Waals surface area contributed by atoms with Crippen LogP contribution in [0.1, 0.15) is 42.1 Å². The van der Waals surface area contributed by atoms with Gasteiger partial charge in [0.2, 0.25) is 0 Å². The monoisotopic (exact) mass is 340 g/mol. The van der Waals surface area contributed by atoms with Crippen molar-refractivity contribution in [3.63, 3.8) is 0 Å². The molecule has 25 heavy (non-hydrogen) atoms. The maximum atomic E-state index is 12.9. The third kappa shape index (κ3) is 4.92. The molecule has 0 saturated carbocycles. The normalized spacial score (nSPS) is 12.9. The van der Waals surface area contributed by atoms with Crippen molar-refractivity contribution in [2.24, 2.45) is 5.92 Å². The molecule has 0 amide bonds. The van der Waals surface area contributed by atoms with Crippen molar-refractivity contribution >= 4 is 11.8 Å². The lowest BCUT2D eigenvalue weighted by molar-refractivity contribution is -0.143. The van der Waals surface area contributed by atoms with E-state index in [0.717, 1.165) is 5.56 Å². The van der Waals surface area contributed by atoms with Crippen molar-refractivity contribution in [2.45, 2.75) is 26.2 Å². The van der Waals surface area contributed by atoms with E-state index in [0.29, 0.717) is 17.9 Å². The Labute approximate surface area is 148 Å². The summed E-state index contributed by atoms with van der Waals surface area (Å²) in [4.78, 5) is 24.9. The predicted molar refractivity (Wildman–Crippen MR) is 96.9 cm³/mol. The van der Waals surface area contributed by atoms with Crippen LogP contribution in [0.4, 0.5) is 0 Å². The zero-order valence-corrected chi connectivity index (χ0v) is 14.9. The SMILES string of the molecule is CCOC(=O)CC(c1ccccc1)C(C)C(=O)c1ccc(OC)cc1. The summed E-state index contributed by atoms with van der Waals surface area (Å²) < 4.78 is 10.2. The van der Waals surface area contributed by atoms with E-state index in [4.69, 9.17) is 9.47 Å². The minimum absolute atomic E-state index is 0.000745. The molecule has 2 rings (SSSR count). The Morgan fingerprint density at radius 1 is 1.00 bits per heavy atom. The van der Waals surface area contributed by atoms with Gasteiger partial charge in [0.25, 0.3) is 0 Å². The lowest BCUT2D eigenvalue weighted by Crippen LogP contribution is -2.23. The lowest BCUT2D eigenvalue weighted by atomic mass is 9.80. The summed E-state index contributed by atoms with van der Waals surface area (Å²) in [6, 6.07) is 16.7. The highest BCUT2D eigenvalue weighted by molar-refractivity contribution is 5.98. The first kappa shape index (κ1) is 18.7. The van der Waals surface area contributed by atoms with E-state index < -0.39 is 0 Å². The van der Waals surface area contributed by atoms with E-state index in [2.05, 4.69) is 0 Å². The standard InChI is InChI=1S/C21H24O4/c1-4-25-20(22)14-19(16-8-6-5-7-9-16)15(2)21(23)17-10-12-18(24-3)13-11-17/h5-13,15,19H,4,14H2,1-3H3. The van der Waals surface area contributed by atoms with Crippen LogP contribution in [-0.4, -0.2) is 25.5 Å². The molecule has 2 atom stereocenters. The predicted octanol–water partition coefficient (Wildman–Crippen LogP) is 4.25. The summed E-state index contributed by atoms with van der Waals surface area (Å²) in [5.41, 5.74) is 1.57. The fourth-order valence-corrected chi connectivity index (χ4v) is 2.88. The molecule has 0 aliphatic heterocycles. The van der Waals surface area contributed by atoms with Gasteiger partial charge >= 0.3 is 5.97 Å². The molecule has 0 aromatic heterocycles. The van der Waals surface area contributed by atoms with Crippen molar-refractivity contribution in [2.75, 3.05) is 13.7 Å². The molecule has 2 unspecified atom stereocenters. The van der Waals surface area contributed by atoms with Crippen LogP contribution in [0, 0.1) is 5.92 Å². The van der Waals surface area contributed by atoms with Gasteiger partial charge in [-0.2, -0.15) is 0 Å². The van der Waals surface area contributed by atoms with E-state index in [1.54, 1.807) is 38.3 Å². The maximum Gasteiger partial charge on any atom is 0.306 e. The van der Waals surface area contributed by atoms with Gasteiger partial charge in [-0.15, -0.1) is 0 Å². The zero-order chi connectivity index (χ0) is 18.2. The molecule has 0 radical (unpaired) electrons. The lowest BCUT2D eigenvalue weighted by Gasteiger charge is -2.23. The van der Waals surface area contributed by atoms with Crippen LogP contribution < -0.4 is 4.74 Å². The van der Waals surface area contributed by atoms with Gasteiger partial charge in [0, 0.05) is 17.4 Å². The minimum atomic E-state index is -0.347. The Bertz CT molecular complexity index is 692. The highest BCUT2D eigenvalue weighted by Crippen LogP contribution is 2.31. The molecule has 0 fully saturated rings. The number of hydrogen-bond donors (Lipinski definition) is 0. The van der Waals surface area contributed by atoms with Gasteiger partial charge < -0.3 is 9.47 Å². The molecule has 132 valence electrons. The number of rotatable bonds is 8. The summed E-state index contributed by atoms with van der Waals surface area (Å²) in [6.45, 7) is 3.98. The van der Waals surface area contributed by atoms with Crippen LogP contribution >= 0.6 is 0 Å². The fraction of sp³-hybridized carbons (Fsp3) is 0.333. The second kappa shape index (κ2) is 9.02. The Kier molecular flexibility index (Phi) is 6.75. The molecule has 0 aliphatic rings. The smallest absolute Gasteiger partial charge is 0.306 e. The van der Waals surface area contributed by atoms with Crippen LogP contribution in [-0.2, 0) is 9.53 Å². The highest BCUT2D eigenvalue weighted by Gasteiger charge is 2.28. The number of ketones is 1. The molecule has 0 saturated heterocycles. The topological polar surface area (TPSA) is 52.6 Å². The molecular weight excluding hydrogens is 316 g/mol. The first-order chi connectivity index (χ1) is 12.1. The first-order valence-electron chi connectivity index (χ1n) is 8.45. The molecule has 2 aromatic rings. The van der Waals surface area contributed by atoms with Gasteiger partial charge in [0.15, 0.2) is 5.78 Å². The minimum Gasteiger partial charge on any atom is -0.497 e. The zero-order valence-electron chi connectivity index (χ0n) is 14.9. The number of hydrogen-bond acceptors (Lipinski definition) is 4. The van der Waals surface area contributed by atoms with Gasteiger partial charge in [-0.1, -0.05) is 37.3 Å². The number of ether oxygens (including phenoxy) is 2. The molecule has 0 aliphatic carbocycles. The second-order valence-corrected chi connectivity index (χ2v) is 5.91. The molecule has 0 N–H and O–H groups in total.